The zero-order valence-electron chi connectivity index (χ0n) is 17.7. The van der Waals surface area contributed by atoms with E-state index in [0.29, 0.717) is 19.5 Å². The largest absolute Gasteiger partial charge is 0.483 e. The Bertz CT molecular complexity index is 1190. The van der Waals surface area contributed by atoms with Gasteiger partial charge >= 0.3 is 5.97 Å². The number of carbonyl (C=O) groups excluding carboxylic acids is 1. The highest BCUT2D eigenvalue weighted by molar-refractivity contribution is 5.97. The molecule has 32 heavy (non-hydrogen) atoms. The summed E-state index contributed by atoms with van der Waals surface area (Å²) in [7, 11) is 0. The van der Waals surface area contributed by atoms with Gasteiger partial charge in [-0.2, -0.15) is 0 Å². The molecule has 1 atom stereocenters. The Labute approximate surface area is 185 Å². The lowest BCUT2D eigenvalue weighted by Gasteiger charge is -2.36. The first-order chi connectivity index (χ1) is 15.5. The van der Waals surface area contributed by atoms with Gasteiger partial charge in [-0.1, -0.05) is 60.7 Å². The van der Waals surface area contributed by atoms with Crippen molar-refractivity contribution in [1.29, 1.82) is 0 Å². The van der Waals surface area contributed by atoms with E-state index in [0.717, 1.165) is 11.1 Å². The van der Waals surface area contributed by atoms with Crippen LogP contribution in [0.25, 0.3) is 0 Å². The van der Waals surface area contributed by atoms with E-state index in [4.69, 9.17) is 4.74 Å². The molecule has 1 aliphatic heterocycles. The average molecular weight is 432 g/mol. The molecular weight excluding hydrogens is 408 g/mol. The summed E-state index contributed by atoms with van der Waals surface area (Å²) in [5.74, 6) is -1.90. The molecule has 7 nitrogen and oxygen atoms in total. The van der Waals surface area contributed by atoms with Crippen LogP contribution < -0.4 is 10.2 Å². The van der Waals surface area contributed by atoms with Gasteiger partial charge in [-0.05, 0) is 24.5 Å². The maximum atomic E-state index is 13.3. The topological polar surface area (TPSA) is 88.8 Å². The van der Waals surface area contributed by atoms with Gasteiger partial charge in [0.05, 0.1) is 6.04 Å². The molecule has 164 valence electrons. The van der Waals surface area contributed by atoms with E-state index in [1.165, 1.54) is 6.20 Å². The van der Waals surface area contributed by atoms with Gasteiger partial charge in [0.25, 0.3) is 5.91 Å². The quantitative estimate of drug-likeness (QED) is 0.618. The van der Waals surface area contributed by atoms with E-state index in [2.05, 4.69) is 0 Å². The molecule has 2 aromatic carbocycles. The molecule has 3 aromatic rings. The Kier molecular flexibility index (Phi) is 6.07. The fourth-order valence-corrected chi connectivity index (χ4v) is 4.02. The van der Waals surface area contributed by atoms with Crippen molar-refractivity contribution in [2.75, 3.05) is 13.1 Å². The number of fused-ring (bicyclic) bond motifs is 1. The molecule has 1 amide bonds. The number of hydrogen-bond acceptors (Lipinski definition) is 4. The van der Waals surface area contributed by atoms with Crippen LogP contribution in [0.4, 0.5) is 0 Å². The van der Waals surface area contributed by atoms with Crippen molar-refractivity contribution >= 4 is 11.9 Å². The normalized spacial score (nSPS) is 15.3. The highest BCUT2D eigenvalue weighted by Crippen LogP contribution is 2.29. The third-order valence-electron chi connectivity index (χ3n) is 5.66. The Balaban J connectivity index is 1.83. The minimum Gasteiger partial charge on any atom is -0.483 e. The number of carboxylic acid groups (broad SMARTS) is 1. The van der Waals surface area contributed by atoms with Gasteiger partial charge in [0, 0.05) is 19.3 Å². The van der Waals surface area contributed by atoms with Gasteiger partial charge in [-0.3, -0.25) is 9.59 Å². The molecular formula is C25H24N2O5. The fourth-order valence-electron chi connectivity index (χ4n) is 4.02. The van der Waals surface area contributed by atoms with Crippen LogP contribution in [0.3, 0.4) is 0 Å². The zero-order valence-corrected chi connectivity index (χ0v) is 17.7. The molecule has 0 fully saturated rings. The van der Waals surface area contributed by atoms with Crippen molar-refractivity contribution < 1.29 is 19.4 Å². The van der Waals surface area contributed by atoms with Crippen LogP contribution in [0.2, 0.25) is 0 Å². The van der Waals surface area contributed by atoms with Gasteiger partial charge < -0.3 is 19.3 Å². The molecule has 0 spiro atoms. The number of ether oxygens (including phenoxy) is 1. The molecule has 0 bridgehead atoms. The van der Waals surface area contributed by atoms with Crippen LogP contribution in [0.15, 0.2) is 71.7 Å². The molecule has 0 aliphatic carbocycles. The number of pyridine rings is 1. The van der Waals surface area contributed by atoms with E-state index >= 15 is 0 Å². The molecule has 2 heterocycles. The summed E-state index contributed by atoms with van der Waals surface area (Å²) >= 11 is 0. The van der Waals surface area contributed by atoms with Gasteiger partial charge in [0.15, 0.2) is 11.4 Å². The van der Waals surface area contributed by atoms with E-state index < -0.39 is 17.0 Å². The molecule has 1 N–H and O–H groups in total. The lowest BCUT2D eigenvalue weighted by Crippen LogP contribution is -2.45. The summed E-state index contributed by atoms with van der Waals surface area (Å²) in [6.45, 7) is 2.81. The Morgan fingerprint density at radius 1 is 1.03 bits per heavy atom. The third kappa shape index (κ3) is 4.14. The Morgan fingerprint density at radius 2 is 1.66 bits per heavy atom. The van der Waals surface area contributed by atoms with E-state index in [-0.39, 0.29) is 30.0 Å². The number of likely N-dealkylation sites (N-methyl/N-ethyl adjacent to an activating group) is 1. The summed E-state index contributed by atoms with van der Waals surface area (Å²) in [5.41, 5.74) is 0.765. The smallest absolute Gasteiger partial charge is 0.341 e. The molecule has 0 saturated heterocycles. The number of aromatic nitrogens is 1. The second-order valence-electron chi connectivity index (χ2n) is 7.72. The van der Waals surface area contributed by atoms with Gasteiger partial charge in [0.2, 0.25) is 5.43 Å². The standard InChI is InChI=1S/C25H24N2O5/c1-2-26-14-19(13-17-9-5-3-6-10-17)27-15-20(25(30)31)22(28)23(21(27)24(26)29)32-16-18-11-7-4-8-12-18/h3-12,15,19H,2,13-14,16H2,1H3,(H,30,31). The Hall–Kier alpha value is -3.87. The molecule has 0 radical (unpaired) electrons. The molecule has 0 saturated carbocycles. The van der Waals surface area contributed by atoms with Crippen molar-refractivity contribution in [2.45, 2.75) is 26.0 Å². The summed E-state index contributed by atoms with van der Waals surface area (Å²) in [6.07, 6.45) is 1.87. The summed E-state index contributed by atoms with van der Waals surface area (Å²) in [5, 5.41) is 9.65. The first-order valence-corrected chi connectivity index (χ1v) is 10.5. The highest BCUT2D eigenvalue weighted by atomic mass is 16.5. The van der Waals surface area contributed by atoms with Crippen molar-refractivity contribution in [1.82, 2.24) is 9.47 Å². The summed E-state index contributed by atoms with van der Waals surface area (Å²) < 4.78 is 7.45. The maximum absolute atomic E-state index is 13.3. The van der Waals surface area contributed by atoms with Crippen LogP contribution in [-0.4, -0.2) is 39.5 Å². The first-order valence-electron chi connectivity index (χ1n) is 10.5. The van der Waals surface area contributed by atoms with Crippen molar-refractivity contribution in [3.05, 3.63) is 99.5 Å². The zero-order chi connectivity index (χ0) is 22.7. The van der Waals surface area contributed by atoms with Crippen LogP contribution in [0, 0.1) is 0 Å². The summed E-state index contributed by atoms with van der Waals surface area (Å²) in [4.78, 5) is 39.8. The van der Waals surface area contributed by atoms with Crippen LogP contribution >= 0.6 is 0 Å². The van der Waals surface area contributed by atoms with Crippen LogP contribution in [0.1, 0.15) is 44.9 Å². The van der Waals surface area contributed by atoms with Crippen molar-refractivity contribution in [3.63, 3.8) is 0 Å². The van der Waals surface area contributed by atoms with Gasteiger partial charge in [-0.15, -0.1) is 0 Å². The fraction of sp³-hybridized carbons (Fsp3) is 0.240. The van der Waals surface area contributed by atoms with E-state index in [1.54, 1.807) is 9.47 Å². The minimum absolute atomic E-state index is 0.0505. The molecule has 1 unspecified atom stereocenters. The molecule has 1 aliphatic rings. The average Bonchev–Trinajstić information content (AvgIpc) is 2.81. The summed E-state index contributed by atoms with van der Waals surface area (Å²) in [6, 6.07) is 18.8. The predicted molar refractivity (Wildman–Crippen MR) is 119 cm³/mol. The number of carboxylic acids is 1. The van der Waals surface area contributed by atoms with Crippen LogP contribution in [-0.2, 0) is 13.0 Å². The maximum Gasteiger partial charge on any atom is 0.341 e. The van der Waals surface area contributed by atoms with Crippen molar-refractivity contribution in [3.8, 4) is 5.75 Å². The second-order valence-corrected chi connectivity index (χ2v) is 7.72. The van der Waals surface area contributed by atoms with Gasteiger partial charge in [0.1, 0.15) is 12.2 Å². The molecule has 1 aromatic heterocycles. The van der Waals surface area contributed by atoms with Crippen LogP contribution in [0.5, 0.6) is 5.75 Å². The van der Waals surface area contributed by atoms with Crippen molar-refractivity contribution in [2.24, 2.45) is 0 Å². The minimum atomic E-state index is -1.35. The number of hydrogen-bond donors (Lipinski definition) is 1. The van der Waals surface area contributed by atoms with Gasteiger partial charge in [-0.25, -0.2) is 4.79 Å². The highest BCUT2D eigenvalue weighted by Gasteiger charge is 2.35. The monoisotopic (exact) mass is 432 g/mol. The number of benzene rings is 2. The predicted octanol–water partition coefficient (Wildman–Crippen LogP) is 3.39. The number of nitrogens with zero attached hydrogens (tertiary/aromatic N) is 2. The number of rotatable bonds is 7. The third-order valence-corrected chi connectivity index (χ3v) is 5.66. The Morgan fingerprint density at radius 3 is 2.25 bits per heavy atom. The molecule has 7 heteroatoms. The molecule has 4 rings (SSSR count). The van der Waals surface area contributed by atoms with E-state index in [9.17, 15) is 19.5 Å². The lowest BCUT2D eigenvalue weighted by molar-refractivity contribution is 0.0649. The first kappa shape index (κ1) is 21.4. The SMILES string of the molecule is CCN1CC(Cc2ccccc2)n2cc(C(=O)O)c(=O)c(OCc3ccccc3)c2C1=O. The number of amides is 1. The number of aromatic carboxylic acids is 1. The lowest BCUT2D eigenvalue weighted by atomic mass is 10.0. The number of carbonyl (C=O) groups is 2. The second kappa shape index (κ2) is 9.09. The van der Waals surface area contributed by atoms with E-state index in [1.807, 2.05) is 67.6 Å².